The van der Waals surface area contributed by atoms with E-state index in [1.807, 2.05) is 19.2 Å². The van der Waals surface area contributed by atoms with Crippen LogP contribution in [0.5, 0.6) is 0 Å². The SMILES string of the molecule is CNC1(c2cccc(-c3ccc(C(F)(F)F)cc3)c2)CC1.Cl. The van der Waals surface area contributed by atoms with Crippen LogP contribution in [-0.4, -0.2) is 7.05 Å². The van der Waals surface area contributed by atoms with Gasteiger partial charge in [-0.05, 0) is 54.8 Å². The van der Waals surface area contributed by atoms with Crippen molar-refractivity contribution in [2.45, 2.75) is 24.6 Å². The number of halogens is 4. The Labute approximate surface area is 134 Å². The molecule has 1 fully saturated rings. The topological polar surface area (TPSA) is 12.0 Å². The molecular formula is C17H17ClF3N. The molecule has 0 bridgehead atoms. The summed E-state index contributed by atoms with van der Waals surface area (Å²) in [5.74, 6) is 0. The first-order valence-corrected chi connectivity index (χ1v) is 6.92. The maximum atomic E-state index is 12.6. The average molecular weight is 328 g/mol. The monoisotopic (exact) mass is 327 g/mol. The van der Waals surface area contributed by atoms with E-state index < -0.39 is 11.7 Å². The molecule has 0 saturated heterocycles. The lowest BCUT2D eigenvalue weighted by Gasteiger charge is -2.16. The third-order valence-electron chi connectivity index (χ3n) is 4.19. The van der Waals surface area contributed by atoms with E-state index in [0.717, 1.165) is 36.1 Å². The first kappa shape index (κ1) is 16.8. The molecule has 118 valence electrons. The van der Waals surface area contributed by atoms with Crippen molar-refractivity contribution in [1.82, 2.24) is 5.32 Å². The van der Waals surface area contributed by atoms with Crippen LogP contribution in [0.25, 0.3) is 11.1 Å². The summed E-state index contributed by atoms with van der Waals surface area (Å²) >= 11 is 0. The zero-order valence-corrected chi connectivity index (χ0v) is 12.9. The third kappa shape index (κ3) is 3.13. The van der Waals surface area contributed by atoms with E-state index in [2.05, 4.69) is 17.4 Å². The summed E-state index contributed by atoms with van der Waals surface area (Å²) in [6.45, 7) is 0. The van der Waals surface area contributed by atoms with Gasteiger partial charge in [-0.25, -0.2) is 0 Å². The van der Waals surface area contributed by atoms with Gasteiger partial charge in [-0.1, -0.05) is 30.3 Å². The molecule has 2 aromatic carbocycles. The summed E-state index contributed by atoms with van der Waals surface area (Å²) in [5, 5.41) is 3.33. The van der Waals surface area contributed by atoms with Gasteiger partial charge >= 0.3 is 6.18 Å². The Hall–Kier alpha value is -1.52. The minimum Gasteiger partial charge on any atom is -0.310 e. The molecule has 0 atom stereocenters. The van der Waals surface area contributed by atoms with Gasteiger partial charge in [-0.3, -0.25) is 0 Å². The van der Waals surface area contributed by atoms with Crippen molar-refractivity contribution >= 4 is 12.4 Å². The minimum atomic E-state index is -4.29. The Morgan fingerprint density at radius 1 is 0.955 bits per heavy atom. The van der Waals surface area contributed by atoms with Gasteiger partial charge in [0.25, 0.3) is 0 Å². The number of rotatable bonds is 3. The van der Waals surface area contributed by atoms with Gasteiger partial charge in [0, 0.05) is 5.54 Å². The molecule has 22 heavy (non-hydrogen) atoms. The number of benzene rings is 2. The van der Waals surface area contributed by atoms with Crippen molar-refractivity contribution < 1.29 is 13.2 Å². The fourth-order valence-electron chi connectivity index (χ4n) is 2.66. The second kappa shape index (κ2) is 5.94. The van der Waals surface area contributed by atoms with Crippen LogP contribution in [0.2, 0.25) is 0 Å². The van der Waals surface area contributed by atoms with Gasteiger partial charge in [-0.2, -0.15) is 13.2 Å². The highest BCUT2D eigenvalue weighted by atomic mass is 35.5. The molecule has 0 spiro atoms. The predicted molar refractivity (Wildman–Crippen MR) is 84.1 cm³/mol. The fraction of sp³-hybridized carbons (Fsp3) is 0.294. The molecule has 0 radical (unpaired) electrons. The number of nitrogens with one attached hydrogen (secondary N) is 1. The number of hydrogen-bond donors (Lipinski definition) is 1. The van der Waals surface area contributed by atoms with Crippen molar-refractivity contribution in [2.24, 2.45) is 0 Å². The van der Waals surface area contributed by atoms with Crippen LogP contribution in [0.15, 0.2) is 48.5 Å². The van der Waals surface area contributed by atoms with Crippen molar-refractivity contribution in [1.29, 1.82) is 0 Å². The molecule has 1 N–H and O–H groups in total. The van der Waals surface area contributed by atoms with Gasteiger partial charge < -0.3 is 5.32 Å². The van der Waals surface area contributed by atoms with E-state index >= 15 is 0 Å². The van der Waals surface area contributed by atoms with Crippen LogP contribution >= 0.6 is 12.4 Å². The van der Waals surface area contributed by atoms with Crippen molar-refractivity contribution in [3.8, 4) is 11.1 Å². The maximum Gasteiger partial charge on any atom is 0.416 e. The molecule has 0 heterocycles. The number of alkyl halides is 3. The van der Waals surface area contributed by atoms with Crippen LogP contribution in [0.3, 0.4) is 0 Å². The molecule has 0 aliphatic heterocycles. The van der Waals surface area contributed by atoms with E-state index in [-0.39, 0.29) is 17.9 Å². The molecule has 1 nitrogen and oxygen atoms in total. The van der Waals surface area contributed by atoms with Crippen LogP contribution < -0.4 is 5.32 Å². The van der Waals surface area contributed by atoms with Crippen LogP contribution in [0.4, 0.5) is 13.2 Å². The van der Waals surface area contributed by atoms with Crippen LogP contribution in [0, 0.1) is 0 Å². The Morgan fingerprint density at radius 3 is 2.09 bits per heavy atom. The minimum absolute atomic E-state index is 0. The fourth-order valence-corrected chi connectivity index (χ4v) is 2.66. The quantitative estimate of drug-likeness (QED) is 0.836. The van der Waals surface area contributed by atoms with Crippen molar-refractivity contribution in [3.05, 3.63) is 59.7 Å². The Bertz CT molecular complexity index is 646. The van der Waals surface area contributed by atoms with Crippen LogP contribution in [-0.2, 0) is 11.7 Å². The zero-order valence-electron chi connectivity index (χ0n) is 12.1. The highest BCUT2D eigenvalue weighted by Crippen LogP contribution is 2.45. The molecule has 1 aliphatic carbocycles. The molecule has 1 saturated carbocycles. The van der Waals surface area contributed by atoms with E-state index in [4.69, 9.17) is 0 Å². The highest BCUT2D eigenvalue weighted by molar-refractivity contribution is 5.85. The molecule has 0 amide bonds. The Morgan fingerprint density at radius 2 is 1.59 bits per heavy atom. The normalized spacial score (nSPS) is 16.0. The van der Waals surface area contributed by atoms with E-state index in [9.17, 15) is 13.2 Å². The second-order valence-corrected chi connectivity index (χ2v) is 5.49. The maximum absolute atomic E-state index is 12.6. The summed E-state index contributed by atoms with van der Waals surface area (Å²) in [7, 11) is 1.94. The molecular weight excluding hydrogens is 311 g/mol. The Kier molecular flexibility index (Phi) is 4.54. The number of hydrogen-bond acceptors (Lipinski definition) is 1. The standard InChI is InChI=1S/C17H16F3N.ClH/c1-21-16(9-10-16)15-4-2-3-13(11-15)12-5-7-14(8-6-12)17(18,19)20;/h2-8,11,21H,9-10H2,1H3;1H. The molecule has 3 rings (SSSR count). The summed E-state index contributed by atoms with van der Waals surface area (Å²) in [4.78, 5) is 0. The summed E-state index contributed by atoms with van der Waals surface area (Å²) in [5.41, 5.74) is 2.39. The van der Waals surface area contributed by atoms with Gasteiger partial charge in [0.1, 0.15) is 0 Å². The lowest BCUT2D eigenvalue weighted by molar-refractivity contribution is -0.137. The lowest BCUT2D eigenvalue weighted by Crippen LogP contribution is -2.24. The first-order valence-electron chi connectivity index (χ1n) is 6.92. The van der Waals surface area contributed by atoms with E-state index in [1.54, 1.807) is 0 Å². The summed E-state index contributed by atoms with van der Waals surface area (Å²) in [6, 6.07) is 13.3. The third-order valence-corrected chi connectivity index (χ3v) is 4.19. The molecule has 0 aromatic heterocycles. The average Bonchev–Trinajstić information content (AvgIpc) is 3.28. The smallest absolute Gasteiger partial charge is 0.310 e. The molecule has 2 aromatic rings. The van der Waals surface area contributed by atoms with E-state index in [1.165, 1.54) is 17.7 Å². The molecule has 1 aliphatic rings. The van der Waals surface area contributed by atoms with Crippen molar-refractivity contribution in [2.75, 3.05) is 7.05 Å². The highest BCUT2D eigenvalue weighted by Gasteiger charge is 2.42. The zero-order chi connectivity index (χ0) is 15.1. The second-order valence-electron chi connectivity index (χ2n) is 5.49. The summed E-state index contributed by atoms with van der Waals surface area (Å²) in [6.07, 6.45) is -2.09. The lowest BCUT2D eigenvalue weighted by atomic mass is 9.97. The largest absolute Gasteiger partial charge is 0.416 e. The molecule has 0 unspecified atom stereocenters. The van der Waals surface area contributed by atoms with Crippen molar-refractivity contribution in [3.63, 3.8) is 0 Å². The molecule has 5 heteroatoms. The van der Waals surface area contributed by atoms with Gasteiger partial charge in [0.2, 0.25) is 0 Å². The van der Waals surface area contributed by atoms with Gasteiger partial charge in [0.05, 0.1) is 5.56 Å². The van der Waals surface area contributed by atoms with Crippen LogP contribution in [0.1, 0.15) is 24.0 Å². The van der Waals surface area contributed by atoms with E-state index in [0.29, 0.717) is 0 Å². The Balaban J connectivity index is 0.00000176. The van der Waals surface area contributed by atoms with Gasteiger partial charge in [-0.15, -0.1) is 12.4 Å². The van der Waals surface area contributed by atoms with Gasteiger partial charge in [0.15, 0.2) is 0 Å². The summed E-state index contributed by atoms with van der Waals surface area (Å²) < 4.78 is 37.8. The first-order chi connectivity index (χ1) is 9.94. The predicted octanol–water partition coefficient (Wildman–Crippen LogP) is 5.00.